The summed E-state index contributed by atoms with van der Waals surface area (Å²) in [4.78, 5) is 17.0. The van der Waals surface area contributed by atoms with Crippen molar-refractivity contribution in [3.63, 3.8) is 0 Å². The Bertz CT molecular complexity index is 1190. The third kappa shape index (κ3) is 4.35. The number of halogens is 2. The van der Waals surface area contributed by atoms with Gasteiger partial charge in [0.2, 0.25) is 5.91 Å². The van der Waals surface area contributed by atoms with Gasteiger partial charge >= 0.3 is 0 Å². The molecule has 0 bridgehead atoms. The zero-order valence-corrected chi connectivity index (χ0v) is 17.4. The van der Waals surface area contributed by atoms with Gasteiger partial charge in [0.05, 0.1) is 12.2 Å². The molecule has 1 saturated heterocycles. The van der Waals surface area contributed by atoms with Crippen LogP contribution in [0, 0.1) is 17.6 Å². The summed E-state index contributed by atoms with van der Waals surface area (Å²) in [5.41, 5.74) is 1.05. The number of sulfonamides is 1. The Morgan fingerprint density at radius 3 is 2.23 bits per heavy atom. The molecule has 7 nitrogen and oxygen atoms in total. The lowest BCUT2D eigenvalue weighted by molar-refractivity contribution is -0.119. The number of hydrogen-bond acceptors (Lipinski definition) is 4. The van der Waals surface area contributed by atoms with Gasteiger partial charge in [-0.05, 0) is 42.0 Å². The first-order chi connectivity index (χ1) is 14.7. The van der Waals surface area contributed by atoms with Crippen molar-refractivity contribution in [1.82, 2.24) is 13.9 Å². The fraction of sp³-hybridized carbons (Fsp3) is 0.238. The van der Waals surface area contributed by atoms with E-state index < -0.39 is 39.4 Å². The summed E-state index contributed by atoms with van der Waals surface area (Å²) in [5.74, 6) is -2.48. The summed E-state index contributed by atoms with van der Waals surface area (Å²) in [6.07, 6.45) is 2.79. The fourth-order valence-corrected chi connectivity index (χ4v) is 5.16. The van der Waals surface area contributed by atoms with Gasteiger partial charge in [-0.3, -0.25) is 4.79 Å². The lowest BCUT2D eigenvalue weighted by Gasteiger charge is -2.18. The summed E-state index contributed by atoms with van der Waals surface area (Å²) >= 11 is 0. The quantitative estimate of drug-likeness (QED) is 0.653. The van der Waals surface area contributed by atoms with Gasteiger partial charge in [0.15, 0.2) is 5.03 Å². The van der Waals surface area contributed by atoms with Crippen molar-refractivity contribution in [2.45, 2.75) is 10.9 Å². The van der Waals surface area contributed by atoms with E-state index in [1.165, 1.54) is 57.8 Å². The molecule has 0 aliphatic carbocycles. The van der Waals surface area contributed by atoms with Crippen LogP contribution in [0.1, 0.15) is 11.5 Å². The van der Waals surface area contributed by atoms with Crippen LogP contribution in [0.2, 0.25) is 0 Å². The lowest BCUT2D eigenvalue weighted by atomic mass is 9.88. The number of rotatable bonds is 5. The first-order valence-electron chi connectivity index (χ1n) is 9.54. The standard InChI is InChI=1S/C21H20F2N4O3S/c1-26-12-20(24-13-26)31(29,30)27-10-18(14-2-4-15(22)5-3-14)19(11-27)21(28)25-17-8-6-16(23)7-9-17/h2-9,12-13,18-19H,10-11H2,1H3,(H,25,28). The number of anilines is 1. The van der Waals surface area contributed by atoms with Crippen molar-refractivity contribution in [1.29, 1.82) is 0 Å². The minimum absolute atomic E-state index is 0.0477. The predicted molar refractivity (Wildman–Crippen MR) is 110 cm³/mol. The molecule has 2 atom stereocenters. The van der Waals surface area contributed by atoms with E-state index in [1.54, 1.807) is 19.2 Å². The second kappa shape index (κ2) is 8.20. The number of nitrogens with one attached hydrogen (secondary N) is 1. The molecule has 1 aliphatic heterocycles. The van der Waals surface area contributed by atoms with E-state index in [0.717, 1.165) is 0 Å². The van der Waals surface area contributed by atoms with E-state index in [1.807, 2.05) is 0 Å². The van der Waals surface area contributed by atoms with E-state index in [4.69, 9.17) is 0 Å². The topological polar surface area (TPSA) is 84.3 Å². The predicted octanol–water partition coefficient (Wildman–Crippen LogP) is 2.74. The van der Waals surface area contributed by atoms with Gasteiger partial charge in [0, 0.05) is 37.9 Å². The van der Waals surface area contributed by atoms with Gasteiger partial charge < -0.3 is 9.88 Å². The third-order valence-electron chi connectivity index (χ3n) is 5.32. The highest BCUT2D eigenvalue weighted by atomic mass is 32.2. The largest absolute Gasteiger partial charge is 0.339 e. The summed E-state index contributed by atoms with van der Waals surface area (Å²) in [6.45, 7) is -0.0139. The van der Waals surface area contributed by atoms with Crippen molar-refractivity contribution >= 4 is 21.6 Å². The number of imidazole rings is 1. The molecule has 1 amide bonds. The first-order valence-corrected chi connectivity index (χ1v) is 11.0. The van der Waals surface area contributed by atoms with Crippen LogP contribution in [-0.4, -0.2) is 41.3 Å². The molecule has 4 rings (SSSR count). The molecular formula is C21H20F2N4O3S. The second-order valence-electron chi connectivity index (χ2n) is 7.46. The van der Waals surface area contributed by atoms with E-state index in [9.17, 15) is 22.0 Å². The SMILES string of the molecule is Cn1cnc(S(=O)(=O)N2CC(C(=O)Nc3ccc(F)cc3)C(c3ccc(F)cc3)C2)c1. The van der Waals surface area contributed by atoms with Crippen LogP contribution in [-0.2, 0) is 21.9 Å². The maximum Gasteiger partial charge on any atom is 0.262 e. The van der Waals surface area contributed by atoms with Crippen LogP contribution >= 0.6 is 0 Å². The molecule has 2 heterocycles. The van der Waals surface area contributed by atoms with Gasteiger partial charge in [0.1, 0.15) is 11.6 Å². The highest BCUT2D eigenvalue weighted by molar-refractivity contribution is 7.89. The molecule has 31 heavy (non-hydrogen) atoms. The zero-order chi connectivity index (χ0) is 22.2. The Hall–Kier alpha value is -3.11. The van der Waals surface area contributed by atoms with Gasteiger partial charge in [-0.1, -0.05) is 12.1 Å². The summed E-state index contributed by atoms with van der Waals surface area (Å²) in [6, 6.07) is 11.0. The first kappa shape index (κ1) is 21.1. The molecule has 2 unspecified atom stereocenters. The van der Waals surface area contributed by atoms with Crippen molar-refractivity contribution in [3.05, 3.63) is 78.3 Å². The minimum Gasteiger partial charge on any atom is -0.339 e. The number of hydrogen-bond donors (Lipinski definition) is 1. The number of nitrogens with zero attached hydrogens (tertiary/aromatic N) is 3. The number of aryl methyl sites for hydroxylation is 1. The normalized spacial score (nSPS) is 19.5. The van der Waals surface area contributed by atoms with Crippen LogP contribution < -0.4 is 5.32 Å². The number of carbonyl (C=O) groups is 1. The van der Waals surface area contributed by atoms with E-state index in [2.05, 4.69) is 10.3 Å². The average molecular weight is 446 g/mol. The van der Waals surface area contributed by atoms with Crippen LogP contribution in [0.4, 0.5) is 14.5 Å². The summed E-state index contributed by atoms with van der Waals surface area (Å²) < 4.78 is 55.4. The third-order valence-corrected chi connectivity index (χ3v) is 7.04. The van der Waals surface area contributed by atoms with Crippen molar-refractivity contribution in [2.75, 3.05) is 18.4 Å². The number of carbonyl (C=O) groups excluding carboxylic acids is 1. The highest BCUT2D eigenvalue weighted by Crippen LogP contribution is 2.36. The Balaban J connectivity index is 1.64. The molecule has 1 aliphatic rings. The second-order valence-corrected chi connectivity index (χ2v) is 9.34. The fourth-order valence-electron chi connectivity index (χ4n) is 3.70. The van der Waals surface area contributed by atoms with E-state index >= 15 is 0 Å². The molecule has 1 fully saturated rings. The van der Waals surface area contributed by atoms with Gasteiger partial charge in [-0.25, -0.2) is 22.2 Å². The minimum atomic E-state index is -3.91. The van der Waals surface area contributed by atoms with E-state index in [0.29, 0.717) is 11.3 Å². The van der Waals surface area contributed by atoms with Gasteiger partial charge in [0.25, 0.3) is 10.0 Å². The summed E-state index contributed by atoms with van der Waals surface area (Å²) in [5, 5.41) is 2.61. The molecule has 3 aromatic rings. The summed E-state index contributed by atoms with van der Waals surface area (Å²) in [7, 11) is -2.25. The van der Waals surface area contributed by atoms with Crippen molar-refractivity contribution in [2.24, 2.45) is 13.0 Å². The molecular weight excluding hydrogens is 426 g/mol. The molecule has 162 valence electrons. The molecule has 1 N–H and O–H groups in total. The Labute approximate surface area is 178 Å². The number of aromatic nitrogens is 2. The maximum absolute atomic E-state index is 13.4. The number of benzene rings is 2. The van der Waals surface area contributed by atoms with Crippen molar-refractivity contribution in [3.8, 4) is 0 Å². The zero-order valence-electron chi connectivity index (χ0n) is 16.6. The Kier molecular flexibility index (Phi) is 5.59. The van der Waals surface area contributed by atoms with Crippen molar-refractivity contribution < 1.29 is 22.0 Å². The lowest BCUT2D eigenvalue weighted by Crippen LogP contribution is -2.32. The molecule has 0 radical (unpaired) electrons. The maximum atomic E-state index is 13.4. The Morgan fingerprint density at radius 1 is 1.03 bits per heavy atom. The molecule has 0 spiro atoms. The average Bonchev–Trinajstić information content (AvgIpc) is 3.38. The Morgan fingerprint density at radius 2 is 1.65 bits per heavy atom. The van der Waals surface area contributed by atoms with Crippen LogP contribution in [0.5, 0.6) is 0 Å². The molecule has 2 aromatic carbocycles. The monoisotopic (exact) mass is 446 g/mol. The molecule has 0 saturated carbocycles. The smallest absolute Gasteiger partial charge is 0.262 e. The van der Waals surface area contributed by atoms with Crippen LogP contribution in [0.3, 0.4) is 0 Å². The molecule has 10 heteroatoms. The highest BCUT2D eigenvalue weighted by Gasteiger charge is 2.44. The van der Waals surface area contributed by atoms with Crippen LogP contribution in [0.25, 0.3) is 0 Å². The van der Waals surface area contributed by atoms with Crippen LogP contribution in [0.15, 0.2) is 66.1 Å². The number of amides is 1. The van der Waals surface area contributed by atoms with Gasteiger partial charge in [-0.15, -0.1) is 0 Å². The van der Waals surface area contributed by atoms with E-state index in [-0.39, 0.29) is 18.1 Å². The molecule has 1 aromatic heterocycles. The van der Waals surface area contributed by atoms with Gasteiger partial charge in [-0.2, -0.15) is 4.31 Å².